The SMILES string of the molecule is O=C(NC1CCCCC1)c1ccc(N2CCN(c3ccc(F)cc3)CC2)cn1. The van der Waals surface area contributed by atoms with E-state index in [1.54, 1.807) is 6.20 Å². The van der Waals surface area contributed by atoms with Gasteiger partial charge in [-0.2, -0.15) is 0 Å². The number of piperazine rings is 1. The van der Waals surface area contributed by atoms with Gasteiger partial charge in [-0.05, 0) is 49.2 Å². The van der Waals surface area contributed by atoms with Crippen molar-refractivity contribution in [2.24, 2.45) is 0 Å². The van der Waals surface area contributed by atoms with Crippen LogP contribution in [0.4, 0.5) is 15.8 Å². The maximum atomic E-state index is 13.1. The molecule has 0 bridgehead atoms. The predicted octanol–water partition coefficient (Wildman–Crippen LogP) is 3.61. The normalized spacial score (nSPS) is 18.2. The summed E-state index contributed by atoms with van der Waals surface area (Å²) in [6.07, 6.45) is 7.60. The third-order valence-electron chi connectivity index (χ3n) is 5.76. The molecule has 4 rings (SSSR count). The number of halogens is 1. The lowest BCUT2D eigenvalue weighted by Crippen LogP contribution is -2.46. The van der Waals surface area contributed by atoms with Gasteiger partial charge in [-0.15, -0.1) is 0 Å². The number of carbonyl (C=O) groups excluding carboxylic acids is 1. The summed E-state index contributed by atoms with van der Waals surface area (Å²) in [5.41, 5.74) is 2.57. The maximum absolute atomic E-state index is 13.1. The van der Waals surface area contributed by atoms with Crippen LogP contribution in [0.1, 0.15) is 42.6 Å². The first-order chi connectivity index (χ1) is 13.7. The van der Waals surface area contributed by atoms with Crippen molar-refractivity contribution in [2.45, 2.75) is 38.1 Å². The summed E-state index contributed by atoms with van der Waals surface area (Å²) in [4.78, 5) is 21.3. The molecule has 1 aliphatic heterocycles. The Balaban J connectivity index is 1.31. The minimum atomic E-state index is -0.207. The summed E-state index contributed by atoms with van der Waals surface area (Å²) in [6, 6.07) is 10.8. The average Bonchev–Trinajstić information content (AvgIpc) is 2.75. The Morgan fingerprint density at radius 1 is 0.893 bits per heavy atom. The molecule has 1 aromatic heterocycles. The van der Waals surface area contributed by atoms with E-state index in [2.05, 4.69) is 20.1 Å². The molecule has 1 saturated heterocycles. The number of nitrogens with one attached hydrogen (secondary N) is 1. The molecular weight excluding hydrogens is 355 g/mol. The lowest BCUT2D eigenvalue weighted by molar-refractivity contribution is 0.0922. The molecule has 6 heteroatoms. The number of aromatic nitrogens is 1. The molecule has 1 aliphatic carbocycles. The van der Waals surface area contributed by atoms with Crippen LogP contribution < -0.4 is 15.1 Å². The summed E-state index contributed by atoms with van der Waals surface area (Å²) in [7, 11) is 0. The second-order valence-electron chi connectivity index (χ2n) is 7.66. The van der Waals surface area contributed by atoms with Crippen LogP contribution in [0.5, 0.6) is 0 Å². The molecule has 1 N–H and O–H groups in total. The van der Waals surface area contributed by atoms with E-state index < -0.39 is 0 Å². The van der Waals surface area contributed by atoms with Gasteiger partial charge in [-0.25, -0.2) is 9.37 Å². The van der Waals surface area contributed by atoms with Crippen molar-refractivity contribution in [2.75, 3.05) is 36.0 Å². The Hall–Kier alpha value is -2.63. The van der Waals surface area contributed by atoms with Gasteiger partial charge in [0.05, 0.1) is 11.9 Å². The Morgan fingerprint density at radius 2 is 1.50 bits per heavy atom. The molecule has 0 spiro atoms. The van der Waals surface area contributed by atoms with Crippen LogP contribution in [0.25, 0.3) is 0 Å². The fraction of sp³-hybridized carbons (Fsp3) is 0.455. The van der Waals surface area contributed by atoms with Crippen LogP contribution in [0.2, 0.25) is 0 Å². The monoisotopic (exact) mass is 382 g/mol. The van der Waals surface area contributed by atoms with Crippen molar-refractivity contribution < 1.29 is 9.18 Å². The summed E-state index contributed by atoms with van der Waals surface area (Å²) < 4.78 is 13.1. The minimum Gasteiger partial charge on any atom is -0.368 e. The van der Waals surface area contributed by atoms with Crippen LogP contribution in [0, 0.1) is 5.82 Å². The largest absolute Gasteiger partial charge is 0.368 e. The van der Waals surface area contributed by atoms with E-state index in [-0.39, 0.29) is 11.7 Å². The zero-order chi connectivity index (χ0) is 19.3. The Morgan fingerprint density at radius 3 is 2.11 bits per heavy atom. The maximum Gasteiger partial charge on any atom is 0.270 e. The molecule has 0 radical (unpaired) electrons. The topological polar surface area (TPSA) is 48.5 Å². The molecular formula is C22H27FN4O. The van der Waals surface area contributed by atoms with E-state index in [1.165, 1.54) is 31.4 Å². The van der Waals surface area contributed by atoms with Crippen molar-refractivity contribution in [3.05, 3.63) is 54.1 Å². The molecule has 0 unspecified atom stereocenters. The number of pyridine rings is 1. The van der Waals surface area contributed by atoms with Crippen molar-refractivity contribution in [1.29, 1.82) is 0 Å². The van der Waals surface area contributed by atoms with E-state index in [1.807, 2.05) is 24.3 Å². The van der Waals surface area contributed by atoms with E-state index in [4.69, 9.17) is 0 Å². The van der Waals surface area contributed by atoms with Crippen LogP contribution >= 0.6 is 0 Å². The number of anilines is 2. The first kappa shape index (κ1) is 18.7. The van der Waals surface area contributed by atoms with Crippen molar-refractivity contribution >= 4 is 17.3 Å². The van der Waals surface area contributed by atoms with Crippen LogP contribution in [0.15, 0.2) is 42.6 Å². The minimum absolute atomic E-state index is 0.0698. The fourth-order valence-corrected chi connectivity index (χ4v) is 4.09. The predicted molar refractivity (Wildman–Crippen MR) is 109 cm³/mol. The second-order valence-corrected chi connectivity index (χ2v) is 7.66. The van der Waals surface area contributed by atoms with E-state index >= 15 is 0 Å². The molecule has 148 valence electrons. The van der Waals surface area contributed by atoms with Gasteiger partial charge in [0.25, 0.3) is 5.91 Å². The molecule has 2 fully saturated rings. The summed E-state index contributed by atoms with van der Waals surface area (Å²) >= 11 is 0. The van der Waals surface area contributed by atoms with Gasteiger partial charge in [0, 0.05) is 37.9 Å². The average molecular weight is 382 g/mol. The highest BCUT2D eigenvalue weighted by Gasteiger charge is 2.20. The number of nitrogens with zero attached hydrogens (tertiary/aromatic N) is 3. The molecule has 28 heavy (non-hydrogen) atoms. The standard InChI is InChI=1S/C22H27FN4O/c23-17-6-8-19(9-7-17)26-12-14-27(15-13-26)20-10-11-21(24-16-20)22(28)25-18-4-2-1-3-5-18/h6-11,16,18H,1-5,12-15H2,(H,25,28). The molecule has 2 heterocycles. The molecule has 1 saturated carbocycles. The van der Waals surface area contributed by atoms with Crippen molar-refractivity contribution in [3.8, 4) is 0 Å². The number of rotatable bonds is 4. The first-order valence-electron chi connectivity index (χ1n) is 10.2. The van der Waals surface area contributed by atoms with Crippen LogP contribution in [-0.2, 0) is 0 Å². The van der Waals surface area contributed by atoms with Gasteiger partial charge in [0.2, 0.25) is 0 Å². The van der Waals surface area contributed by atoms with Gasteiger partial charge in [0.15, 0.2) is 0 Å². The third-order valence-corrected chi connectivity index (χ3v) is 5.76. The lowest BCUT2D eigenvalue weighted by Gasteiger charge is -2.37. The third kappa shape index (κ3) is 4.43. The van der Waals surface area contributed by atoms with E-state index in [0.717, 1.165) is 50.4 Å². The molecule has 1 aromatic carbocycles. The number of benzene rings is 1. The van der Waals surface area contributed by atoms with Crippen molar-refractivity contribution in [3.63, 3.8) is 0 Å². The smallest absolute Gasteiger partial charge is 0.270 e. The Bertz CT molecular complexity index is 779. The van der Waals surface area contributed by atoms with E-state index in [9.17, 15) is 9.18 Å². The molecule has 5 nitrogen and oxygen atoms in total. The molecule has 1 amide bonds. The number of hydrogen-bond acceptors (Lipinski definition) is 4. The number of hydrogen-bond donors (Lipinski definition) is 1. The summed E-state index contributed by atoms with van der Waals surface area (Å²) in [5, 5.41) is 3.11. The highest BCUT2D eigenvalue weighted by Crippen LogP contribution is 2.21. The van der Waals surface area contributed by atoms with Gasteiger partial charge in [-0.3, -0.25) is 4.79 Å². The molecule has 2 aromatic rings. The highest BCUT2D eigenvalue weighted by atomic mass is 19.1. The van der Waals surface area contributed by atoms with Gasteiger partial charge < -0.3 is 15.1 Å². The number of amides is 1. The lowest BCUT2D eigenvalue weighted by atomic mass is 9.95. The first-order valence-corrected chi connectivity index (χ1v) is 10.2. The molecule has 0 atom stereocenters. The van der Waals surface area contributed by atoms with Crippen LogP contribution in [0.3, 0.4) is 0 Å². The summed E-state index contributed by atoms with van der Waals surface area (Å²) in [5.74, 6) is -0.277. The quantitative estimate of drug-likeness (QED) is 0.878. The van der Waals surface area contributed by atoms with Gasteiger partial charge in [0.1, 0.15) is 11.5 Å². The number of carbonyl (C=O) groups is 1. The Kier molecular flexibility index (Phi) is 5.74. The fourth-order valence-electron chi connectivity index (χ4n) is 4.09. The molecule has 2 aliphatic rings. The highest BCUT2D eigenvalue weighted by molar-refractivity contribution is 5.92. The van der Waals surface area contributed by atoms with Gasteiger partial charge >= 0.3 is 0 Å². The van der Waals surface area contributed by atoms with Gasteiger partial charge in [-0.1, -0.05) is 19.3 Å². The van der Waals surface area contributed by atoms with E-state index in [0.29, 0.717) is 11.7 Å². The second kappa shape index (κ2) is 8.59. The van der Waals surface area contributed by atoms with Crippen LogP contribution in [-0.4, -0.2) is 43.1 Å². The zero-order valence-electron chi connectivity index (χ0n) is 16.1. The summed E-state index contributed by atoms with van der Waals surface area (Å²) in [6.45, 7) is 3.48. The Labute approximate surface area is 165 Å². The van der Waals surface area contributed by atoms with Crippen molar-refractivity contribution in [1.82, 2.24) is 10.3 Å². The zero-order valence-corrected chi connectivity index (χ0v) is 16.1.